The summed E-state index contributed by atoms with van der Waals surface area (Å²) < 4.78 is 36.5. The number of Topliss-reactive ketones (excluding diaryl/α,β-unsaturated/α-hetero) is 1. The first-order valence-corrected chi connectivity index (χ1v) is 8.96. The van der Waals surface area contributed by atoms with Crippen molar-refractivity contribution in [2.24, 2.45) is 0 Å². The van der Waals surface area contributed by atoms with Crippen LogP contribution in [0.5, 0.6) is 0 Å². The van der Waals surface area contributed by atoms with Gasteiger partial charge in [0.05, 0.1) is 12.1 Å². The lowest BCUT2D eigenvalue weighted by atomic mass is 9.62. The minimum atomic E-state index is -5.02. The van der Waals surface area contributed by atoms with Gasteiger partial charge >= 0.3 is 12.1 Å². The molecule has 0 spiro atoms. The number of halogens is 3. The van der Waals surface area contributed by atoms with Gasteiger partial charge in [0.1, 0.15) is 5.82 Å². The zero-order chi connectivity index (χ0) is 20.4. The van der Waals surface area contributed by atoms with Gasteiger partial charge in [0.25, 0.3) is 0 Å². The second kappa shape index (κ2) is 7.69. The van der Waals surface area contributed by atoms with E-state index in [9.17, 15) is 22.8 Å². The van der Waals surface area contributed by atoms with Crippen LogP contribution in [0.1, 0.15) is 46.6 Å². The topological polar surface area (TPSA) is 72.0 Å². The first kappa shape index (κ1) is 20.0. The molecule has 8 heteroatoms. The standard InChI is InChI=1S/C20H20F3N3O2/c1-13-4-2-5-15(8-13)19(6-3-7-19)9-17-24-10-14(11-25-17)16(27)12-26-18(28)20(21,22)23/h2,4-5,8,10-11H,3,6-7,9,12H2,1H3,(H,26,28). The Morgan fingerprint density at radius 3 is 2.39 bits per heavy atom. The van der Waals surface area contributed by atoms with Gasteiger partial charge in [-0.3, -0.25) is 9.59 Å². The van der Waals surface area contributed by atoms with Crippen LogP contribution < -0.4 is 5.32 Å². The van der Waals surface area contributed by atoms with Crippen molar-refractivity contribution in [1.29, 1.82) is 0 Å². The van der Waals surface area contributed by atoms with Gasteiger partial charge in [-0.05, 0) is 25.3 Å². The lowest BCUT2D eigenvalue weighted by molar-refractivity contribution is -0.173. The minimum Gasteiger partial charge on any atom is -0.341 e. The number of hydrogen-bond donors (Lipinski definition) is 1. The molecule has 1 aliphatic rings. The van der Waals surface area contributed by atoms with Crippen molar-refractivity contribution in [1.82, 2.24) is 15.3 Å². The summed E-state index contributed by atoms with van der Waals surface area (Å²) in [4.78, 5) is 31.2. The van der Waals surface area contributed by atoms with Crippen molar-refractivity contribution in [2.45, 2.75) is 44.2 Å². The molecule has 3 rings (SSSR count). The summed E-state index contributed by atoms with van der Waals surface area (Å²) in [7, 11) is 0. The molecule has 5 nitrogen and oxygen atoms in total. The van der Waals surface area contributed by atoms with E-state index in [2.05, 4.69) is 22.1 Å². The van der Waals surface area contributed by atoms with Crippen molar-refractivity contribution < 1.29 is 22.8 Å². The molecule has 1 N–H and O–H groups in total. The molecule has 2 aromatic rings. The Balaban J connectivity index is 1.66. The summed E-state index contributed by atoms with van der Waals surface area (Å²) >= 11 is 0. The summed E-state index contributed by atoms with van der Waals surface area (Å²) in [5, 5.41) is 1.55. The Morgan fingerprint density at radius 2 is 1.86 bits per heavy atom. The number of carbonyl (C=O) groups is 2. The second-order valence-corrected chi connectivity index (χ2v) is 7.17. The van der Waals surface area contributed by atoms with Crippen molar-refractivity contribution in [3.05, 3.63) is 59.2 Å². The number of rotatable bonds is 6. The summed E-state index contributed by atoms with van der Waals surface area (Å²) in [5.41, 5.74) is 2.48. The maximum absolute atomic E-state index is 12.2. The number of aryl methyl sites for hydroxylation is 1. The average Bonchev–Trinajstić information content (AvgIpc) is 2.62. The lowest BCUT2D eigenvalue weighted by Crippen LogP contribution is -2.39. The molecule has 0 atom stereocenters. The van der Waals surface area contributed by atoms with E-state index in [1.165, 1.54) is 23.5 Å². The zero-order valence-corrected chi connectivity index (χ0v) is 15.3. The maximum Gasteiger partial charge on any atom is 0.471 e. The van der Waals surface area contributed by atoms with Gasteiger partial charge in [0.15, 0.2) is 5.78 Å². The van der Waals surface area contributed by atoms with Crippen molar-refractivity contribution >= 4 is 11.7 Å². The van der Waals surface area contributed by atoms with E-state index in [1.54, 1.807) is 5.32 Å². The molecule has 148 valence electrons. The summed E-state index contributed by atoms with van der Waals surface area (Å²) in [6.07, 6.45) is 1.40. The van der Waals surface area contributed by atoms with Crippen molar-refractivity contribution in [3.63, 3.8) is 0 Å². The largest absolute Gasteiger partial charge is 0.471 e. The molecule has 1 aromatic carbocycles. The van der Waals surface area contributed by atoms with E-state index < -0.39 is 24.4 Å². The van der Waals surface area contributed by atoms with Crippen molar-refractivity contribution in [2.75, 3.05) is 6.54 Å². The van der Waals surface area contributed by atoms with Gasteiger partial charge in [-0.2, -0.15) is 13.2 Å². The third-order valence-electron chi connectivity index (χ3n) is 5.13. The highest BCUT2D eigenvalue weighted by atomic mass is 19.4. The van der Waals surface area contributed by atoms with Crippen LogP contribution in [0.25, 0.3) is 0 Å². The molecule has 0 aliphatic heterocycles. The number of alkyl halides is 3. The van der Waals surface area contributed by atoms with Crippen LogP contribution >= 0.6 is 0 Å². The normalized spacial score (nSPS) is 15.6. The second-order valence-electron chi connectivity index (χ2n) is 7.17. The number of aromatic nitrogens is 2. The van der Waals surface area contributed by atoms with Crippen LogP contribution in [-0.2, 0) is 16.6 Å². The molecule has 1 fully saturated rings. The Morgan fingerprint density at radius 1 is 1.18 bits per heavy atom. The number of amides is 1. The quantitative estimate of drug-likeness (QED) is 0.767. The molecule has 28 heavy (non-hydrogen) atoms. The van der Waals surface area contributed by atoms with Crippen LogP contribution in [-0.4, -0.2) is 34.4 Å². The zero-order valence-electron chi connectivity index (χ0n) is 15.3. The minimum absolute atomic E-state index is 0.0156. The summed E-state index contributed by atoms with van der Waals surface area (Å²) in [6, 6.07) is 8.35. The van der Waals surface area contributed by atoms with E-state index in [-0.39, 0.29) is 11.0 Å². The Hall–Kier alpha value is -2.77. The van der Waals surface area contributed by atoms with Crippen molar-refractivity contribution in [3.8, 4) is 0 Å². The van der Waals surface area contributed by atoms with Gasteiger partial charge in [-0.25, -0.2) is 9.97 Å². The molecule has 0 radical (unpaired) electrons. The molecule has 0 saturated heterocycles. The summed E-state index contributed by atoms with van der Waals surface area (Å²) in [6.45, 7) is 1.29. The van der Waals surface area contributed by atoms with Gasteiger partial charge in [-0.15, -0.1) is 0 Å². The highest BCUT2D eigenvalue weighted by molar-refractivity contribution is 5.99. The smallest absolute Gasteiger partial charge is 0.341 e. The highest BCUT2D eigenvalue weighted by Gasteiger charge is 2.40. The average molecular weight is 391 g/mol. The van der Waals surface area contributed by atoms with E-state index in [4.69, 9.17) is 0 Å². The fraction of sp³-hybridized carbons (Fsp3) is 0.400. The van der Waals surface area contributed by atoms with Crippen LogP contribution in [0, 0.1) is 6.92 Å². The SMILES string of the molecule is Cc1cccc(C2(Cc3ncc(C(=O)CNC(=O)C(F)(F)F)cn3)CCC2)c1. The molecule has 0 unspecified atom stereocenters. The number of nitrogens with zero attached hydrogens (tertiary/aromatic N) is 2. The predicted molar refractivity (Wildman–Crippen MR) is 95.8 cm³/mol. The first-order chi connectivity index (χ1) is 13.2. The van der Waals surface area contributed by atoms with E-state index in [1.807, 2.05) is 19.1 Å². The molecule has 1 aromatic heterocycles. The van der Waals surface area contributed by atoms with E-state index >= 15 is 0 Å². The van der Waals surface area contributed by atoms with Gasteiger partial charge in [0, 0.05) is 24.2 Å². The molecule has 1 heterocycles. The fourth-order valence-electron chi connectivity index (χ4n) is 3.40. The lowest BCUT2D eigenvalue weighted by Gasteiger charge is -2.42. The number of hydrogen-bond acceptors (Lipinski definition) is 4. The third-order valence-corrected chi connectivity index (χ3v) is 5.13. The molecule has 1 amide bonds. The predicted octanol–water partition coefficient (Wildman–Crippen LogP) is 3.31. The monoisotopic (exact) mass is 391 g/mol. The maximum atomic E-state index is 12.2. The highest BCUT2D eigenvalue weighted by Crippen LogP contribution is 2.45. The van der Waals surface area contributed by atoms with Gasteiger partial charge in [0.2, 0.25) is 0 Å². The van der Waals surface area contributed by atoms with E-state index in [0.29, 0.717) is 12.2 Å². The summed E-state index contributed by atoms with van der Waals surface area (Å²) in [5.74, 6) is -2.25. The van der Waals surface area contributed by atoms with Gasteiger partial charge in [-0.1, -0.05) is 36.2 Å². The van der Waals surface area contributed by atoms with Crippen LogP contribution in [0.4, 0.5) is 13.2 Å². The Bertz CT molecular complexity index is 875. The molecular formula is C20H20F3N3O2. The number of nitrogens with one attached hydrogen (secondary N) is 1. The van der Waals surface area contributed by atoms with E-state index in [0.717, 1.165) is 19.3 Å². The molecular weight excluding hydrogens is 371 g/mol. The molecule has 1 aliphatic carbocycles. The van der Waals surface area contributed by atoms with Crippen LogP contribution in [0.15, 0.2) is 36.7 Å². The fourth-order valence-corrected chi connectivity index (χ4v) is 3.40. The molecule has 0 bridgehead atoms. The Kier molecular flexibility index (Phi) is 5.49. The number of carbonyl (C=O) groups excluding carboxylic acids is 2. The third kappa shape index (κ3) is 4.37. The van der Waals surface area contributed by atoms with Crippen LogP contribution in [0.3, 0.4) is 0 Å². The van der Waals surface area contributed by atoms with Gasteiger partial charge < -0.3 is 5.32 Å². The first-order valence-electron chi connectivity index (χ1n) is 8.96. The van der Waals surface area contributed by atoms with Crippen LogP contribution in [0.2, 0.25) is 0 Å². The Labute approximate surface area is 160 Å². The number of ketones is 1. The number of benzene rings is 1. The molecule has 1 saturated carbocycles.